The molecule has 0 saturated carbocycles. The first-order chi connectivity index (χ1) is 14.1. The standard InChI is InChI=1S/C19H18F4N2O4S/c20-16-5-4-15(12-17(16)30(27,28)25-6-8-29-9-7-25)24-18(26)11-13-2-1-3-14(10-13)19(21,22)23/h1-5,10,12H,6-9,11H2,(H,24,26). The molecule has 0 aromatic heterocycles. The summed E-state index contributed by atoms with van der Waals surface area (Å²) in [5.41, 5.74) is -0.737. The fourth-order valence-corrected chi connectivity index (χ4v) is 4.45. The van der Waals surface area contributed by atoms with Crippen LogP contribution in [0.3, 0.4) is 0 Å². The molecule has 1 fully saturated rings. The lowest BCUT2D eigenvalue weighted by Gasteiger charge is -2.26. The van der Waals surface area contributed by atoms with Crippen molar-refractivity contribution in [3.8, 4) is 0 Å². The molecule has 0 atom stereocenters. The van der Waals surface area contributed by atoms with Crippen molar-refractivity contribution in [2.75, 3.05) is 31.6 Å². The van der Waals surface area contributed by atoms with E-state index >= 15 is 0 Å². The van der Waals surface area contributed by atoms with E-state index in [1.54, 1.807) is 0 Å². The van der Waals surface area contributed by atoms with Crippen LogP contribution in [0.2, 0.25) is 0 Å². The smallest absolute Gasteiger partial charge is 0.379 e. The molecule has 1 amide bonds. The molecular formula is C19H18F4N2O4S. The number of nitrogens with one attached hydrogen (secondary N) is 1. The van der Waals surface area contributed by atoms with Gasteiger partial charge in [-0.3, -0.25) is 4.79 Å². The van der Waals surface area contributed by atoms with E-state index in [2.05, 4.69) is 5.32 Å². The molecule has 1 aliphatic heterocycles. The van der Waals surface area contributed by atoms with Gasteiger partial charge in [-0.2, -0.15) is 17.5 Å². The molecule has 0 unspecified atom stereocenters. The van der Waals surface area contributed by atoms with Gasteiger partial charge >= 0.3 is 6.18 Å². The van der Waals surface area contributed by atoms with Gasteiger partial charge in [0.15, 0.2) is 0 Å². The van der Waals surface area contributed by atoms with Gasteiger partial charge in [0.05, 0.1) is 25.2 Å². The average Bonchev–Trinajstić information content (AvgIpc) is 2.69. The van der Waals surface area contributed by atoms with Crippen LogP contribution in [0.25, 0.3) is 0 Å². The van der Waals surface area contributed by atoms with E-state index in [1.807, 2.05) is 0 Å². The highest BCUT2D eigenvalue weighted by atomic mass is 32.2. The molecule has 2 aromatic rings. The Labute approximate surface area is 170 Å². The van der Waals surface area contributed by atoms with Crippen LogP contribution >= 0.6 is 0 Å². The number of ether oxygens (including phenoxy) is 1. The first kappa shape index (κ1) is 22.2. The summed E-state index contributed by atoms with van der Waals surface area (Å²) >= 11 is 0. The largest absolute Gasteiger partial charge is 0.416 e. The molecule has 0 bridgehead atoms. The maximum absolute atomic E-state index is 14.2. The molecule has 1 N–H and O–H groups in total. The number of sulfonamides is 1. The Balaban J connectivity index is 1.76. The molecule has 1 heterocycles. The zero-order valence-corrected chi connectivity index (χ0v) is 16.4. The molecule has 11 heteroatoms. The highest BCUT2D eigenvalue weighted by molar-refractivity contribution is 7.89. The Kier molecular flexibility index (Phi) is 6.44. The second kappa shape index (κ2) is 8.70. The third kappa shape index (κ3) is 5.15. The van der Waals surface area contributed by atoms with Crippen molar-refractivity contribution < 1.29 is 35.5 Å². The Morgan fingerprint density at radius 2 is 1.80 bits per heavy atom. The van der Waals surface area contributed by atoms with Crippen LogP contribution in [0.5, 0.6) is 0 Å². The van der Waals surface area contributed by atoms with Gasteiger partial charge in [0, 0.05) is 18.8 Å². The molecular weight excluding hydrogens is 428 g/mol. The van der Waals surface area contributed by atoms with Gasteiger partial charge in [-0.05, 0) is 29.8 Å². The van der Waals surface area contributed by atoms with E-state index < -0.39 is 38.4 Å². The number of halogens is 4. The fourth-order valence-electron chi connectivity index (χ4n) is 2.95. The van der Waals surface area contributed by atoms with E-state index in [4.69, 9.17) is 4.74 Å². The van der Waals surface area contributed by atoms with Crippen molar-refractivity contribution in [3.63, 3.8) is 0 Å². The van der Waals surface area contributed by atoms with Crippen LogP contribution in [-0.2, 0) is 32.2 Å². The minimum absolute atomic E-state index is 0.0141. The van der Waals surface area contributed by atoms with Crippen LogP contribution < -0.4 is 5.32 Å². The second-order valence-electron chi connectivity index (χ2n) is 6.58. The lowest BCUT2D eigenvalue weighted by Crippen LogP contribution is -2.40. The van der Waals surface area contributed by atoms with Crippen molar-refractivity contribution in [1.29, 1.82) is 0 Å². The third-order valence-electron chi connectivity index (χ3n) is 4.42. The molecule has 1 aliphatic rings. The lowest BCUT2D eigenvalue weighted by atomic mass is 10.1. The van der Waals surface area contributed by atoms with Crippen molar-refractivity contribution >= 4 is 21.6 Å². The number of hydrogen-bond donors (Lipinski definition) is 1. The number of morpholine rings is 1. The summed E-state index contributed by atoms with van der Waals surface area (Å²) in [6.45, 7) is 0.532. The molecule has 6 nitrogen and oxygen atoms in total. The summed E-state index contributed by atoms with van der Waals surface area (Å²) < 4.78 is 84.1. The molecule has 3 rings (SSSR count). The summed E-state index contributed by atoms with van der Waals surface area (Å²) in [5, 5.41) is 2.40. The van der Waals surface area contributed by atoms with E-state index in [0.717, 1.165) is 28.6 Å². The number of alkyl halides is 3. The van der Waals surface area contributed by atoms with Crippen LogP contribution in [0.15, 0.2) is 47.4 Å². The van der Waals surface area contributed by atoms with Gasteiger partial charge in [-0.25, -0.2) is 12.8 Å². The maximum Gasteiger partial charge on any atom is 0.416 e. The van der Waals surface area contributed by atoms with E-state index in [1.165, 1.54) is 18.2 Å². The number of carbonyl (C=O) groups excluding carboxylic acids is 1. The first-order valence-electron chi connectivity index (χ1n) is 8.91. The molecule has 0 spiro atoms. The average molecular weight is 446 g/mol. The minimum atomic E-state index is -4.54. The number of amides is 1. The number of benzene rings is 2. The fraction of sp³-hybridized carbons (Fsp3) is 0.316. The Hall–Kier alpha value is -2.50. The normalized spacial score (nSPS) is 15.7. The van der Waals surface area contributed by atoms with Gasteiger partial charge in [0.1, 0.15) is 10.7 Å². The summed E-state index contributed by atoms with van der Waals surface area (Å²) in [5.74, 6) is -1.65. The zero-order chi connectivity index (χ0) is 21.9. The lowest BCUT2D eigenvalue weighted by molar-refractivity contribution is -0.137. The molecule has 0 radical (unpaired) electrons. The predicted molar refractivity (Wildman–Crippen MR) is 99.8 cm³/mol. The highest BCUT2D eigenvalue weighted by Gasteiger charge is 2.31. The van der Waals surface area contributed by atoms with Crippen LogP contribution in [-0.4, -0.2) is 44.9 Å². The quantitative estimate of drug-likeness (QED) is 0.717. The van der Waals surface area contributed by atoms with E-state index in [-0.39, 0.29) is 44.0 Å². The van der Waals surface area contributed by atoms with Crippen LogP contribution in [0, 0.1) is 5.82 Å². The third-order valence-corrected chi connectivity index (χ3v) is 6.34. The van der Waals surface area contributed by atoms with Gasteiger partial charge in [0.2, 0.25) is 15.9 Å². The van der Waals surface area contributed by atoms with Crippen molar-refractivity contribution in [3.05, 3.63) is 59.4 Å². The minimum Gasteiger partial charge on any atom is -0.379 e. The van der Waals surface area contributed by atoms with E-state index in [0.29, 0.717) is 0 Å². The summed E-state index contributed by atoms with van der Waals surface area (Å²) in [6, 6.07) is 7.39. The van der Waals surface area contributed by atoms with E-state index in [9.17, 15) is 30.8 Å². The summed E-state index contributed by atoms with van der Waals surface area (Å²) in [7, 11) is -4.13. The molecule has 0 aliphatic carbocycles. The molecule has 162 valence electrons. The predicted octanol–water partition coefficient (Wildman–Crippen LogP) is 3.05. The summed E-state index contributed by atoms with van der Waals surface area (Å²) in [4.78, 5) is 11.6. The van der Waals surface area contributed by atoms with Gasteiger partial charge < -0.3 is 10.1 Å². The number of anilines is 1. The van der Waals surface area contributed by atoms with Crippen LogP contribution in [0.1, 0.15) is 11.1 Å². The molecule has 30 heavy (non-hydrogen) atoms. The number of rotatable bonds is 5. The first-order valence-corrected chi connectivity index (χ1v) is 10.3. The van der Waals surface area contributed by atoms with Crippen molar-refractivity contribution in [1.82, 2.24) is 4.31 Å². The summed E-state index contributed by atoms with van der Waals surface area (Å²) in [6.07, 6.45) is -4.90. The SMILES string of the molecule is O=C(Cc1cccc(C(F)(F)F)c1)Nc1ccc(F)c(S(=O)(=O)N2CCOCC2)c1. The maximum atomic E-state index is 14.2. The highest BCUT2D eigenvalue weighted by Crippen LogP contribution is 2.30. The topological polar surface area (TPSA) is 75.7 Å². The van der Waals surface area contributed by atoms with Crippen molar-refractivity contribution in [2.24, 2.45) is 0 Å². The number of carbonyl (C=O) groups is 1. The number of nitrogens with zero attached hydrogens (tertiary/aromatic N) is 1. The number of hydrogen-bond acceptors (Lipinski definition) is 4. The van der Waals surface area contributed by atoms with Gasteiger partial charge in [-0.1, -0.05) is 18.2 Å². The van der Waals surface area contributed by atoms with Crippen molar-refractivity contribution in [2.45, 2.75) is 17.5 Å². The zero-order valence-electron chi connectivity index (χ0n) is 15.6. The monoisotopic (exact) mass is 446 g/mol. The van der Waals surface area contributed by atoms with Gasteiger partial charge in [-0.15, -0.1) is 0 Å². The second-order valence-corrected chi connectivity index (χ2v) is 8.49. The Morgan fingerprint density at radius 1 is 1.10 bits per heavy atom. The van der Waals surface area contributed by atoms with Gasteiger partial charge in [0.25, 0.3) is 0 Å². The Bertz CT molecular complexity index is 1040. The Morgan fingerprint density at radius 3 is 2.47 bits per heavy atom. The molecule has 2 aromatic carbocycles. The molecule has 1 saturated heterocycles. The van der Waals surface area contributed by atoms with Crippen LogP contribution in [0.4, 0.5) is 23.2 Å².